The Labute approximate surface area is 141 Å². The lowest BCUT2D eigenvalue weighted by Gasteiger charge is -2.27. The summed E-state index contributed by atoms with van der Waals surface area (Å²) in [5, 5.41) is 3.71. The van der Waals surface area contributed by atoms with Crippen LogP contribution in [0.3, 0.4) is 0 Å². The van der Waals surface area contributed by atoms with Gasteiger partial charge in [-0.2, -0.15) is 0 Å². The minimum Gasteiger partial charge on any atom is -0.469 e. The van der Waals surface area contributed by atoms with Gasteiger partial charge in [0.1, 0.15) is 16.2 Å². The average Bonchev–Trinajstić information content (AvgIpc) is 2.96. The van der Waals surface area contributed by atoms with E-state index in [1.54, 1.807) is 27.7 Å². The number of halogens is 3. The zero-order valence-corrected chi connectivity index (χ0v) is 14.9. The number of alkyl halides is 2. The number of carbonyl (C=O) groups excluding carboxylic acids is 1. The van der Waals surface area contributed by atoms with Crippen LogP contribution in [0.2, 0.25) is 0 Å². The van der Waals surface area contributed by atoms with E-state index in [2.05, 4.69) is 21.1 Å². The fourth-order valence-electron chi connectivity index (χ4n) is 2.25. The smallest absolute Gasteiger partial charge is 0.410 e. The molecule has 0 N–H and O–H groups in total. The molecule has 23 heavy (non-hydrogen) atoms. The van der Waals surface area contributed by atoms with Gasteiger partial charge in [0, 0.05) is 6.42 Å². The van der Waals surface area contributed by atoms with Crippen molar-refractivity contribution in [1.82, 2.24) is 10.1 Å². The first-order valence-corrected chi connectivity index (χ1v) is 7.94. The summed E-state index contributed by atoms with van der Waals surface area (Å²) in [5.41, 5.74) is -0.755. The highest BCUT2D eigenvalue weighted by atomic mass is 79.9. The van der Waals surface area contributed by atoms with E-state index in [0.29, 0.717) is 10.2 Å². The van der Waals surface area contributed by atoms with Gasteiger partial charge in [0.15, 0.2) is 5.76 Å². The topological polar surface area (TPSA) is 64.8 Å². The van der Waals surface area contributed by atoms with Gasteiger partial charge in [0.05, 0.1) is 12.6 Å². The molecule has 1 saturated heterocycles. The van der Waals surface area contributed by atoms with Gasteiger partial charge in [-0.3, -0.25) is 4.90 Å². The van der Waals surface area contributed by atoms with Gasteiger partial charge in [-0.1, -0.05) is 0 Å². The summed E-state index contributed by atoms with van der Waals surface area (Å²) in [6.07, 6.45) is -4.07. The first kappa shape index (κ1) is 18.0. The van der Waals surface area contributed by atoms with Gasteiger partial charge in [-0.25, -0.2) is 13.6 Å². The highest BCUT2D eigenvalue weighted by Gasteiger charge is 2.43. The van der Waals surface area contributed by atoms with Crippen LogP contribution in [0.4, 0.5) is 13.6 Å². The summed E-state index contributed by atoms with van der Waals surface area (Å²) in [5.74, 6) is 0.707. The lowest BCUT2D eigenvalue weighted by atomic mass is 10.2. The van der Waals surface area contributed by atoms with Crippen molar-refractivity contribution in [2.75, 3.05) is 6.54 Å². The summed E-state index contributed by atoms with van der Waals surface area (Å²) < 4.78 is 42.7. The molecule has 0 aliphatic carbocycles. The van der Waals surface area contributed by atoms with Crippen LogP contribution in [0.5, 0.6) is 5.88 Å². The van der Waals surface area contributed by atoms with Crippen LogP contribution in [-0.4, -0.2) is 46.9 Å². The quantitative estimate of drug-likeness (QED) is 0.777. The van der Waals surface area contributed by atoms with Gasteiger partial charge in [0.25, 0.3) is 12.3 Å². The molecule has 0 bridgehead atoms. The molecule has 9 heteroatoms. The molecule has 1 fully saturated rings. The van der Waals surface area contributed by atoms with Crippen molar-refractivity contribution in [3.8, 4) is 5.88 Å². The Morgan fingerprint density at radius 2 is 2.13 bits per heavy atom. The molecule has 1 aliphatic rings. The van der Waals surface area contributed by atoms with Crippen LogP contribution in [0, 0.1) is 6.92 Å². The molecule has 6 nitrogen and oxygen atoms in total. The summed E-state index contributed by atoms with van der Waals surface area (Å²) in [4.78, 5) is 13.1. The number of amides is 1. The molecule has 2 heterocycles. The van der Waals surface area contributed by atoms with Crippen molar-refractivity contribution in [2.24, 2.45) is 0 Å². The molecule has 0 unspecified atom stereocenters. The number of ether oxygens (including phenoxy) is 2. The maximum Gasteiger partial charge on any atom is 0.410 e. The molecule has 2 atom stereocenters. The van der Waals surface area contributed by atoms with Crippen LogP contribution in [-0.2, 0) is 4.74 Å². The zero-order valence-electron chi connectivity index (χ0n) is 13.3. The third-order valence-corrected chi connectivity index (χ3v) is 4.16. The SMILES string of the molecule is Cc1onc(O[C@H]2C[C@@H](C(F)F)N(C(=O)OC(C)(C)C)C2)c1Br. The Morgan fingerprint density at radius 1 is 1.48 bits per heavy atom. The molecule has 130 valence electrons. The van der Waals surface area contributed by atoms with E-state index in [9.17, 15) is 13.6 Å². The maximum atomic E-state index is 13.2. The molecular weight excluding hydrogens is 378 g/mol. The van der Waals surface area contributed by atoms with Gasteiger partial charge in [-0.05, 0) is 48.8 Å². The van der Waals surface area contributed by atoms with Crippen LogP contribution in [0.25, 0.3) is 0 Å². The Balaban J connectivity index is 2.08. The lowest BCUT2D eigenvalue weighted by molar-refractivity contribution is -0.00246. The standard InChI is InChI=1S/C14H19BrF2N2O4/c1-7-10(15)12(18-23-7)21-8-5-9(11(16)17)19(6-8)13(20)22-14(2,3)4/h8-9,11H,5-6H2,1-4H3/t8-,9-/m0/s1. The lowest BCUT2D eigenvalue weighted by Crippen LogP contribution is -2.43. The van der Waals surface area contributed by atoms with E-state index in [1.165, 1.54) is 0 Å². The molecule has 1 aromatic rings. The van der Waals surface area contributed by atoms with Crippen molar-refractivity contribution < 1.29 is 27.6 Å². The molecule has 1 amide bonds. The number of aromatic nitrogens is 1. The summed E-state index contributed by atoms with van der Waals surface area (Å²) in [6.45, 7) is 6.74. The second kappa shape index (κ2) is 6.62. The second-order valence-corrected chi connectivity index (χ2v) is 7.16. The van der Waals surface area contributed by atoms with E-state index in [1.807, 2.05) is 0 Å². The predicted molar refractivity (Wildman–Crippen MR) is 80.7 cm³/mol. The molecular formula is C14H19BrF2N2O4. The molecule has 0 spiro atoms. The predicted octanol–water partition coefficient (Wildman–Crippen LogP) is 3.77. The maximum absolute atomic E-state index is 13.2. The van der Waals surface area contributed by atoms with Gasteiger partial charge < -0.3 is 14.0 Å². The summed E-state index contributed by atoms with van der Waals surface area (Å²) in [6, 6.07) is -1.25. The molecule has 1 aromatic heterocycles. The van der Waals surface area contributed by atoms with Gasteiger partial charge >= 0.3 is 6.09 Å². The first-order valence-electron chi connectivity index (χ1n) is 7.14. The molecule has 0 radical (unpaired) electrons. The van der Waals surface area contributed by atoms with Crippen LogP contribution >= 0.6 is 15.9 Å². The van der Waals surface area contributed by atoms with E-state index >= 15 is 0 Å². The first-order chi connectivity index (χ1) is 10.6. The van der Waals surface area contributed by atoms with Crippen molar-refractivity contribution in [3.63, 3.8) is 0 Å². The Morgan fingerprint density at radius 3 is 2.61 bits per heavy atom. The van der Waals surface area contributed by atoms with Crippen molar-refractivity contribution in [1.29, 1.82) is 0 Å². The summed E-state index contributed by atoms with van der Waals surface area (Å²) >= 11 is 3.25. The van der Waals surface area contributed by atoms with Crippen LogP contribution < -0.4 is 4.74 Å². The Kier molecular flexibility index (Phi) is 5.17. The number of carbonyl (C=O) groups is 1. The Bertz CT molecular complexity index is 574. The molecule has 2 rings (SSSR count). The van der Waals surface area contributed by atoms with Crippen LogP contribution in [0.1, 0.15) is 33.0 Å². The summed E-state index contributed by atoms with van der Waals surface area (Å²) in [7, 11) is 0. The highest BCUT2D eigenvalue weighted by molar-refractivity contribution is 9.10. The third kappa shape index (κ3) is 4.33. The largest absolute Gasteiger partial charge is 0.469 e. The minimum atomic E-state index is -2.68. The van der Waals surface area contributed by atoms with Gasteiger partial charge in [0.2, 0.25) is 0 Å². The van der Waals surface area contributed by atoms with E-state index in [-0.39, 0.29) is 18.8 Å². The average molecular weight is 397 g/mol. The fraction of sp³-hybridized carbons (Fsp3) is 0.714. The number of hydrogen-bond donors (Lipinski definition) is 0. The number of aryl methyl sites for hydroxylation is 1. The Hall–Kier alpha value is -1.38. The third-order valence-electron chi connectivity index (χ3n) is 3.26. The van der Waals surface area contributed by atoms with Crippen molar-refractivity contribution >= 4 is 22.0 Å². The molecule has 0 aromatic carbocycles. The number of rotatable bonds is 3. The van der Waals surface area contributed by atoms with E-state index < -0.39 is 30.3 Å². The van der Waals surface area contributed by atoms with Crippen molar-refractivity contribution in [3.05, 3.63) is 10.2 Å². The number of hydrogen-bond acceptors (Lipinski definition) is 5. The second-order valence-electron chi connectivity index (χ2n) is 6.37. The number of nitrogens with zero attached hydrogens (tertiary/aromatic N) is 2. The van der Waals surface area contributed by atoms with Crippen molar-refractivity contribution in [2.45, 2.75) is 58.3 Å². The van der Waals surface area contributed by atoms with E-state index in [4.69, 9.17) is 14.0 Å². The van der Waals surface area contributed by atoms with E-state index in [0.717, 1.165) is 4.90 Å². The normalized spacial score (nSPS) is 21.8. The zero-order chi connectivity index (χ0) is 17.4. The minimum absolute atomic E-state index is 0.00225. The number of likely N-dealkylation sites (tertiary alicyclic amines) is 1. The fourth-order valence-corrected chi connectivity index (χ4v) is 2.49. The monoisotopic (exact) mass is 396 g/mol. The van der Waals surface area contributed by atoms with Crippen LogP contribution in [0.15, 0.2) is 9.00 Å². The molecule has 0 saturated carbocycles. The highest BCUT2D eigenvalue weighted by Crippen LogP contribution is 2.32. The molecule has 1 aliphatic heterocycles. The van der Waals surface area contributed by atoms with Gasteiger partial charge in [-0.15, -0.1) is 0 Å².